The predicted molar refractivity (Wildman–Crippen MR) is 59.2 cm³/mol. The zero-order chi connectivity index (χ0) is 10.8. The summed E-state index contributed by atoms with van der Waals surface area (Å²) in [6.45, 7) is 0. The Labute approximate surface area is 90.3 Å². The maximum absolute atomic E-state index is 10.9. The SMILES string of the molecule is COc1cccc2sc(C=O)c(C=O)c12. The van der Waals surface area contributed by atoms with Gasteiger partial charge in [0.25, 0.3) is 0 Å². The molecule has 1 aromatic carbocycles. The minimum absolute atomic E-state index is 0.419. The molecular formula is C11H8O3S. The summed E-state index contributed by atoms with van der Waals surface area (Å²) < 4.78 is 6.05. The second kappa shape index (κ2) is 3.82. The first kappa shape index (κ1) is 9.86. The first-order valence-corrected chi connectivity index (χ1v) is 5.13. The van der Waals surface area contributed by atoms with Gasteiger partial charge in [-0.1, -0.05) is 6.07 Å². The van der Waals surface area contributed by atoms with Gasteiger partial charge in [0, 0.05) is 15.6 Å². The molecule has 0 spiro atoms. The maximum atomic E-state index is 10.9. The van der Waals surface area contributed by atoms with Gasteiger partial charge in [-0.15, -0.1) is 11.3 Å². The van der Waals surface area contributed by atoms with Crippen molar-refractivity contribution >= 4 is 34.0 Å². The van der Waals surface area contributed by atoms with E-state index in [2.05, 4.69) is 0 Å². The van der Waals surface area contributed by atoms with Gasteiger partial charge in [0.15, 0.2) is 12.6 Å². The van der Waals surface area contributed by atoms with Crippen molar-refractivity contribution in [2.45, 2.75) is 0 Å². The van der Waals surface area contributed by atoms with E-state index in [9.17, 15) is 9.59 Å². The van der Waals surface area contributed by atoms with Crippen molar-refractivity contribution in [1.82, 2.24) is 0 Å². The average molecular weight is 220 g/mol. The fourth-order valence-electron chi connectivity index (χ4n) is 1.53. The van der Waals surface area contributed by atoms with Crippen LogP contribution in [0.2, 0.25) is 0 Å². The number of rotatable bonds is 3. The lowest BCUT2D eigenvalue weighted by Crippen LogP contribution is -1.87. The molecular weight excluding hydrogens is 212 g/mol. The van der Waals surface area contributed by atoms with Gasteiger partial charge in [-0.05, 0) is 12.1 Å². The highest BCUT2D eigenvalue weighted by Crippen LogP contribution is 2.35. The second-order valence-electron chi connectivity index (χ2n) is 2.95. The average Bonchev–Trinajstić information content (AvgIpc) is 2.66. The Morgan fingerprint density at radius 1 is 1.27 bits per heavy atom. The highest BCUT2D eigenvalue weighted by atomic mass is 32.1. The molecule has 0 aliphatic rings. The molecule has 0 atom stereocenters. The molecule has 2 rings (SSSR count). The third-order valence-electron chi connectivity index (χ3n) is 2.19. The predicted octanol–water partition coefficient (Wildman–Crippen LogP) is 2.53. The molecule has 0 aliphatic heterocycles. The van der Waals surface area contributed by atoms with Gasteiger partial charge in [0.05, 0.1) is 12.0 Å². The number of benzene rings is 1. The van der Waals surface area contributed by atoms with E-state index in [1.165, 1.54) is 11.3 Å². The quantitative estimate of drug-likeness (QED) is 0.746. The van der Waals surface area contributed by atoms with E-state index in [-0.39, 0.29) is 0 Å². The highest BCUT2D eigenvalue weighted by Gasteiger charge is 2.14. The lowest BCUT2D eigenvalue weighted by atomic mass is 10.1. The number of methoxy groups -OCH3 is 1. The molecule has 0 bridgehead atoms. The zero-order valence-electron chi connectivity index (χ0n) is 8.02. The summed E-state index contributed by atoms with van der Waals surface area (Å²) in [5.41, 5.74) is 0.419. The summed E-state index contributed by atoms with van der Waals surface area (Å²) in [4.78, 5) is 22.1. The van der Waals surface area contributed by atoms with Crippen molar-refractivity contribution in [3.63, 3.8) is 0 Å². The number of aldehydes is 2. The van der Waals surface area contributed by atoms with Gasteiger partial charge < -0.3 is 4.74 Å². The summed E-state index contributed by atoms with van der Waals surface area (Å²) in [6, 6.07) is 5.47. The molecule has 76 valence electrons. The first-order chi connectivity index (χ1) is 7.31. The van der Waals surface area contributed by atoms with Crippen LogP contribution >= 0.6 is 11.3 Å². The summed E-state index contributed by atoms with van der Waals surface area (Å²) in [7, 11) is 1.54. The normalized spacial score (nSPS) is 10.2. The van der Waals surface area contributed by atoms with Crippen LogP contribution in [0.4, 0.5) is 0 Å². The van der Waals surface area contributed by atoms with Gasteiger partial charge in [-0.25, -0.2) is 0 Å². The Hall–Kier alpha value is -1.68. The van der Waals surface area contributed by atoms with Crippen LogP contribution in [0.25, 0.3) is 10.1 Å². The molecule has 0 saturated carbocycles. The summed E-state index contributed by atoms with van der Waals surface area (Å²) in [5.74, 6) is 0.624. The van der Waals surface area contributed by atoms with Crippen molar-refractivity contribution < 1.29 is 14.3 Å². The minimum Gasteiger partial charge on any atom is -0.496 e. The Morgan fingerprint density at radius 2 is 2.07 bits per heavy atom. The van der Waals surface area contributed by atoms with Crippen molar-refractivity contribution in [2.75, 3.05) is 7.11 Å². The van der Waals surface area contributed by atoms with Gasteiger partial charge in [0.1, 0.15) is 5.75 Å². The standard InChI is InChI=1S/C11H8O3S/c1-14-8-3-2-4-9-11(8)7(5-12)10(6-13)15-9/h2-6H,1H3. The van der Waals surface area contributed by atoms with Gasteiger partial charge >= 0.3 is 0 Å². The molecule has 0 unspecified atom stereocenters. The molecule has 4 heteroatoms. The Kier molecular flexibility index (Phi) is 2.51. The topological polar surface area (TPSA) is 43.4 Å². The van der Waals surface area contributed by atoms with E-state index in [1.807, 2.05) is 12.1 Å². The molecule has 0 N–H and O–H groups in total. The monoisotopic (exact) mass is 220 g/mol. The van der Waals surface area contributed by atoms with Gasteiger partial charge in [-0.2, -0.15) is 0 Å². The van der Waals surface area contributed by atoms with Crippen molar-refractivity contribution in [1.29, 1.82) is 0 Å². The minimum atomic E-state index is 0.419. The number of carbonyl (C=O) groups excluding carboxylic acids is 2. The van der Waals surface area contributed by atoms with E-state index in [1.54, 1.807) is 13.2 Å². The van der Waals surface area contributed by atoms with E-state index < -0.39 is 0 Å². The Morgan fingerprint density at radius 3 is 2.67 bits per heavy atom. The number of carbonyl (C=O) groups is 2. The van der Waals surface area contributed by atoms with E-state index in [4.69, 9.17) is 4.74 Å². The molecule has 1 heterocycles. The largest absolute Gasteiger partial charge is 0.496 e. The molecule has 0 fully saturated rings. The smallest absolute Gasteiger partial charge is 0.160 e. The Balaban J connectivity index is 2.89. The van der Waals surface area contributed by atoms with E-state index in [0.717, 1.165) is 10.1 Å². The lowest BCUT2D eigenvalue weighted by Gasteiger charge is -2.01. The van der Waals surface area contributed by atoms with Gasteiger partial charge in [0.2, 0.25) is 0 Å². The number of hydrogen-bond donors (Lipinski definition) is 0. The molecule has 2 aromatic rings. The number of hydrogen-bond acceptors (Lipinski definition) is 4. The third-order valence-corrected chi connectivity index (χ3v) is 3.28. The second-order valence-corrected chi connectivity index (χ2v) is 4.03. The fourth-order valence-corrected chi connectivity index (χ4v) is 2.54. The van der Waals surface area contributed by atoms with Crippen molar-refractivity contribution in [3.05, 3.63) is 28.6 Å². The lowest BCUT2D eigenvalue weighted by molar-refractivity contribution is 0.109. The van der Waals surface area contributed by atoms with Crippen LogP contribution in [0.1, 0.15) is 20.0 Å². The third kappa shape index (κ3) is 1.43. The summed E-state index contributed by atoms with van der Waals surface area (Å²) in [5, 5.41) is 0.724. The van der Waals surface area contributed by atoms with Crippen LogP contribution in [0, 0.1) is 0 Å². The molecule has 1 aromatic heterocycles. The molecule has 3 nitrogen and oxygen atoms in total. The van der Waals surface area contributed by atoms with Crippen LogP contribution in [0.5, 0.6) is 5.75 Å². The highest BCUT2D eigenvalue weighted by molar-refractivity contribution is 7.21. The van der Waals surface area contributed by atoms with E-state index >= 15 is 0 Å². The summed E-state index contributed by atoms with van der Waals surface area (Å²) >= 11 is 1.30. The molecule has 0 amide bonds. The Bertz CT molecular complexity index is 528. The van der Waals surface area contributed by atoms with Crippen molar-refractivity contribution in [3.8, 4) is 5.75 Å². The van der Waals surface area contributed by atoms with Crippen LogP contribution in [-0.4, -0.2) is 19.7 Å². The molecule has 15 heavy (non-hydrogen) atoms. The number of ether oxygens (including phenoxy) is 1. The molecule has 0 aliphatic carbocycles. The van der Waals surface area contributed by atoms with Crippen LogP contribution in [0.15, 0.2) is 18.2 Å². The number of fused-ring (bicyclic) bond motifs is 1. The zero-order valence-corrected chi connectivity index (χ0v) is 8.84. The van der Waals surface area contributed by atoms with E-state index in [0.29, 0.717) is 28.8 Å². The van der Waals surface area contributed by atoms with Crippen LogP contribution in [0.3, 0.4) is 0 Å². The molecule has 0 radical (unpaired) electrons. The maximum Gasteiger partial charge on any atom is 0.160 e. The fraction of sp³-hybridized carbons (Fsp3) is 0.0909. The van der Waals surface area contributed by atoms with Gasteiger partial charge in [-0.3, -0.25) is 9.59 Å². The van der Waals surface area contributed by atoms with Crippen molar-refractivity contribution in [2.24, 2.45) is 0 Å². The first-order valence-electron chi connectivity index (χ1n) is 4.31. The molecule has 0 saturated heterocycles. The number of thiophene rings is 1. The van der Waals surface area contributed by atoms with Crippen LogP contribution in [-0.2, 0) is 0 Å². The van der Waals surface area contributed by atoms with Crippen LogP contribution < -0.4 is 4.74 Å². The summed E-state index contributed by atoms with van der Waals surface area (Å²) in [6.07, 6.45) is 1.40.